The summed E-state index contributed by atoms with van der Waals surface area (Å²) in [6.07, 6.45) is 12.1. The van der Waals surface area contributed by atoms with Gasteiger partial charge in [0.25, 0.3) is 11.8 Å². The van der Waals surface area contributed by atoms with Crippen LogP contribution in [0.1, 0.15) is 108 Å². The van der Waals surface area contributed by atoms with Gasteiger partial charge in [0.15, 0.2) is 11.3 Å². The van der Waals surface area contributed by atoms with Crippen LogP contribution in [0.2, 0.25) is 20.4 Å². The number of anilines is 4. The average molecular weight is 1300 g/mol. The van der Waals surface area contributed by atoms with Gasteiger partial charge in [-0.3, -0.25) is 19.0 Å². The molecule has 0 unspecified atom stereocenters. The first-order valence-corrected chi connectivity index (χ1v) is 34.8. The zero-order valence-electron chi connectivity index (χ0n) is 49.9. The molecule has 86 heavy (non-hydrogen) atoms. The van der Waals surface area contributed by atoms with Gasteiger partial charge < -0.3 is 39.2 Å². The maximum atomic E-state index is 14.0. The van der Waals surface area contributed by atoms with E-state index in [2.05, 4.69) is 83.2 Å². The molecule has 6 fully saturated rings. The number of nitrogens with zero attached hydrogens (tertiary/aromatic N) is 14. The minimum atomic E-state index is -3.59. The van der Waals surface area contributed by atoms with E-state index in [1.54, 1.807) is 21.9 Å². The van der Waals surface area contributed by atoms with Crippen molar-refractivity contribution in [3.05, 3.63) is 104 Å². The molecule has 0 saturated carbocycles. The van der Waals surface area contributed by atoms with E-state index in [1.807, 2.05) is 10.6 Å². The Bertz CT molecular complexity index is 3580. The molecule has 468 valence electrons. The maximum Gasteiger partial charge on any atom is 0.256 e. The SMILES string of the molecule is CN1CCC1.CN1CCCN(C)CC1.CN1CCCN(c2cc(N3CCC3)nc3cc([C@@H]4CCCCN4C(=O)c4cc(Cl)ccc4NS(C)(=O)=O)nn23)CC1.CS(=O)(=O)Nc1ccc(Cl)cc1C(=O)N1CCCC[C@H]1c1cc2nc(Cl)cc(Cl)n2n1. The van der Waals surface area contributed by atoms with Crippen LogP contribution in [0.25, 0.3) is 11.3 Å². The Kier molecular flexibility index (Phi) is 21.9. The lowest BCUT2D eigenvalue weighted by Crippen LogP contribution is -2.39. The molecule has 12 rings (SSSR count). The van der Waals surface area contributed by atoms with Crippen LogP contribution in [-0.2, 0) is 20.0 Å². The highest BCUT2D eigenvalue weighted by Gasteiger charge is 2.35. The Morgan fingerprint density at radius 1 is 0.477 bits per heavy atom. The van der Waals surface area contributed by atoms with Crippen molar-refractivity contribution in [1.29, 1.82) is 0 Å². The molecule has 2 atom stereocenters. The zero-order chi connectivity index (χ0) is 61.5. The molecule has 2 aromatic carbocycles. The number of amides is 2. The number of rotatable bonds is 10. The van der Waals surface area contributed by atoms with Gasteiger partial charge in [0.05, 0.1) is 58.5 Å². The van der Waals surface area contributed by atoms with Crippen LogP contribution in [-0.4, -0.2) is 220 Å². The molecule has 2 N–H and O–H groups in total. The summed E-state index contributed by atoms with van der Waals surface area (Å²) in [5, 5.41) is 10.9. The lowest BCUT2D eigenvalue weighted by atomic mass is 9.98. The van der Waals surface area contributed by atoms with Crippen molar-refractivity contribution >= 4 is 113 Å². The van der Waals surface area contributed by atoms with Gasteiger partial charge in [-0.2, -0.15) is 14.7 Å². The molecule has 28 heteroatoms. The second kappa shape index (κ2) is 28.9. The van der Waals surface area contributed by atoms with Gasteiger partial charge in [-0.25, -0.2) is 31.3 Å². The number of sulfonamides is 2. The third-order valence-corrected chi connectivity index (χ3v) is 18.4. The van der Waals surface area contributed by atoms with Gasteiger partial charge in [-0.05, 0) is 162 Å². The fourth-order valence-corrected chi connectivity index (χ4v) is 13.3. The standard InChI is InChI=1S/C28H37ClN8O3S.C19H18Cl3N5O3S.C7H16N2.C4H9N/c1-33-10-5-13-35(16-15-33)27-19-25(34-11-6-12-34)30-26-18-23(31-37(26)27)24-7-3-4-14-36(24)28(38)21-17-20(29)8-9-22(21)32-41(2,39)40;1-31(29,30)25-13-6-5-11(20)8-12(13)19(28)26-7-3-2-4-15(26)14-9-18-23-16(21)10-17(22)27(18)24-14;1-8-4-3-5-9(2)7-6-8;1-5-3-2-4-5/h8-9,17-19,24,32H,3-7,10-16H2,1-2H3;5-6,8-10,15,25H,2-4,7H2,1H3;3-7H2,1-2H3;2-4H2,1H3/t24-;15-;;/m00../s1. The molecule has 10 heterocycles. The van der Waals surface area contributed by atoms with E-state index in [-0.39, 0.29) is 51.6 Å². The lowest BCUT2D eigenvalue weighted by molar-refractivity contribution is 0.0600. The second-order valence-corrected chi connectivity index (χ2v) is 28.4. The Morgan fingerprint density at radius 3 is 1.37 bits per heavy atom. The molecule has 0 radical (unpaired) electrons. The first-order valence-electron chi connectivity index (χ1n) is 29.5. The highest BCUT2D eigenvalue weighted by Crippen LogP contribution is 2.37. The smallest absolute Gasteiger partial charge is 0.256 e. The summed E-state index contributed by atoms with van der Waals surface area (Å²) in [6.45, 7) is 14.6. The summed E-state index contributed by atoms with van der Waals surface area (Å²) in [4.78, 5) is 54.4. The highest BCUT2D eigenvalue weighted by atomic mass is 35.5. The maximum absolute atomic E-state index is 14.0. The molecule has 0 bridgehead atoms. The Balaban J connectivity index is 0.000000171. The normalized spacial score (nSPS) is 20.3. The first kappa shape index (κ1) is 65.2. The van der Waals surface area contributed by atoms with Crippen molar-refractivity contribution in [2.45, 2.75) is 76.3 Å². The van der Waals surface area contributed by atoms with E-state index in [0.29, 0.717) is 46.0 Å². The molecule has 6 saturated heterocycles. The van der Waals surface area contributed by atoms with Gasteiger partial charge >= 0.3 is 0 Å². The molecule has 0 aliphatic carbocycles. The molecular weight excluding hydrogens is 1220 g/mol. The van der Waals surface area contributed by atoms with Crippen LogP contribution in [0, 0.1) is 0 Å². The number of carbonyl (C=O) groups is 2. The van der Waals surface area contributed by atoms with E-state index >= 15 is 0 Å². The third-order valence-electron chi connectivity index (χ3n) is 16.3. The van der Waals surface area contributed by atoms with E-state index in [9.17, 15) is 26.4 Å². The van der Waals surface area contributed by atoms with Gasteiger partial charge in [-0.1, -0.05) is 46.4 Å². The average Bonchev–Trinajstić information content (AvgIpc) is 1.79. The van der Waals surface area contributed by atoms with Gasteiger partial charge in [0.1, 0.15) is 21.9 Å². The number of hydrogen-bond acceptors (Lipinski definition) is 16. The summed E-state index contributed by atoms with van der Waals surface area (Å²) in [6, 6.07) is 15.9. The summed E-state index contributed by atoms with van der Waals surface area (Å²) >= 11 is 24.6. The number of nitrogens with one attached hydrogen (secondary N) is 2. The van der Waals surface area contributed by atoms with Crippen LogP contribution in [0.5, 0.6) is 0 Å². The molecule has 6 aromatic rings. The number of likely N-dealkylation sites (N-methyl/N-ethyl adjacent to an activating group) is 3. The van der Waals surface area contributed by atoms with E-state index < -0.39 is 20.0 Å². The number of fused-ring (bicyclic) bond motifs is 2. The number of aromatic nitrogens is 6. The third kappa shape index (κ3) is 17.1. The number of benzene rings is 2. The van der Waals surface area contributed by atoms with Crippen LogP contribution in [0.15, 0.2) is 60.7 Å². The highest BCUT2D eigenvalue weighted by molar-refractivity contribution is 7.92. The molecule has 2 amide bonds. The largest absolute Gasteiger partial charge is 0.356 e. The van der Waals surface area contributed by atoms with Crippen LogP contribution < -0.4 is 19.2 Å². The number of hydrogen-bond donors (Lipinski definition) is 2. The fourth-order valence-electron chi connectivity index (χ4n) is 11.3. The van der Waals surface area contributed by atoms with E-state index in [1.165, 1.54) is 99.4 Å². The van der Waals surface area contributed by atoms with E-state index in [4.69, 9.17) is 56.5 Å². The van der Waals surface area contributed by atoms with Crippen LogP contribution >= 0.6 is 46.4 Å². The summed E-state index contributed by atoms with van der Waals surface area (Å²) < 4.78 is 55.9. The zero-order valence-corrected chi connectivity index (χ0v) is 54.6. The summed E-state index contributed by atoms with van der Waals surface area (Å²) in [7, 11) is 1.52. The van der Waals surface area contributed by atoms with Crippen molar-refractivity contribution in [2.24, 2.45) is 0 Å². The van der Waals surface area contributed by atoms with Crippen molar-refractivity contribution in [1.82, 2.24) is 58.6 Å². The molecule has 4 aromatic heterocycles. The molecule has 6 aliphatic heterocycles. The van der Waals surface area contributed by atoms with Crippen molar-refractivity contribution in [3.63, 3.8) is 0 Å². The Morgan fingerprint density at radius 2 is 0.907 bits per heavy atom. The predicted octanol–water partition coefficient (Wildman–Crippen LogP) is 8.48. The van der Waals surface area contributed by atoms with Gasteiger partial charge in [0, 0.05) is 93.2 Å². The number of carbonyl (C=O) groups excluding carboxylic acids is 2. The first-order chi connectivity index (χ1) is 41.0. The summed E-state index contributed by atoms with van der Waals surface area (Å²) in [5.74, 6) is 1.38. The lowest BCUT2D eigenvalue weighted by Gasteiger charge is -2.35. The van der Waals surface area contributed by atoms with Crippen LogP contribution in [0.3, 0.4) is 0 Å². The second-order valence-electron chi connectivity index (χ2n) is 23.3. The molecule has 22 nitrogen and oxygen atoms in total. The fraction of sp³-hybridized carbons (Fsp3) is 0.552. The quantitative estimate of drug-likeness (QED) is 0.123. The van der Waals surface area contributed by atoms with Crippen LogP contribution in [0.4, 0.5) is 23.0 Å². The summed E-state index contributed by atoms with van der Waals surface area (Å²) in [5.41, 5.74) is 3.47. The number of halogens is 4. The van der Waals surface area contributed by atoms with E-state index in [0.717, 1.165) is 113 Å². The number of piperidine rings is 2. The molecule has 6 aliphatic rings. The minimum absolute atomic E-state index is 0.174. The topological polar surface area (TPSA) is 213 Å². The molecular formula is C58H80Cl4N16O6S2. The monoisotopic (exact) mass is 1300 g/mol. The van der Waals surface area contributed by atoms with Gasteiger partial charge in [0.2, 0.25) is 20.0 Å². The predicted molar refractivity (Wildman–Crippen MR) is 344 cm³/mol. The van der Waals surface area contributed by atoms with Crippen molar-refractivity contribution in [3.8, 4) is 0 Å². The Labute approximate surface area is 525 Å². The van der Waals surface area contributed by atoms with Crippen molar-refractivity contribution < 1.29 is 26.4 Å². The minimum Gasteiger partial charge on any atom is -0.356 e. The number of likely N-dealkylation sites (tertiary alicyclic amines) is 3. The van der Waals surface area contributed by atoms with Gasteiger partial charge in [-0.15, -0.1) is 0 Å². The van der Waals surface area contributed by atoms with Crippen molar-refractivity contribution in [2.75, 3.05) is 152 Å². The molecule has 0 spiro atoms. The Hall–Kier alpha value is -5.28.